The SMILES string of the molecule is CCn1c(N2CCC(CO)CC2)cc(=O)n(CC)c1=O. The average molecular weight is 281 g/mol. The minimum absolute atomic E-state index is 0.214. The third-order valence-electron chi connectivity index (χ3n) is 4.09. The summed E-state index contributed by atoms with van der Waals surface area (Å²) in [5.41, 5.74) is -0.469. The predicted molar refractivity (Wildman–Crippen MR) is 78.3 cm³/mol. The van der Waals surface area contributed by atoms with Gasteiger partial charge in [-0.05, 0) is 32.6 Å². The Morgan fingerprint density at radius 1 is 1.15 bits per heavy atom. The fraction of sp³-hybridized carbons (Fsp3) is 0.714. The van der Waals surface area contributed by atoms with Gasteiger partial charge in [0.15, 0.2) is 0 Å². The number of aromatic nitrogens is 2. The van der Waals surface area contributed by atoms with Gasteiger partial charge in [0.1, 0.15) is 5.82 Å². The molecule has 1 aromatic rings. The van der Waals surface area contributed by atoms with Crippen molar-refractivity contribution in [2.24, 2.45) is 5.92 Å². The lowest BCUT2D eigenvalue weighted by molar-refractivity contribution is 0.202. The molecule has 20 heavy (non-hydrogen) atoms. The van der Waals surface area contributed by atoms with Gasteiger partial charge in [0.25, 0.3) is 5.56 Å². The van der Waals surface area contributed by atoms with E-state index in [-0.39, 0.29) is 17.9 Å². The molecule has 1 aromatic heterocycles. The normalized spacial score (nSPS) is 16.6. The summed E-state index contributed by atoms with van der Waals surface area (Å²) in [4.78, 5) is 26.4. The summed E-state index contributed by atoms with van der Waals surface area (Å²) in [5, 5.41) is 9.18. The molecule has 0 unspecified atom stereocenters. The van der Waals surface area contributed by atoms with Crippen molar-refractivity contribution in [1.82, 2.24) is 9.13 Å². The number of rotatable bonds is 4. The Balaban J connectivity index is 2.38. The Kier molecular flexibility index (Phi) is 4.65. The van der Waals surface area contributed by atoms with Gasteiger partial charge in [0.05, 0.1) is 0 Å². The smallest absolute Gasteiger partial charge is 0.332 e. The summed E-state index contributed by atoms with van der Waals surface area (Å²) in [6.45, 7) is 6.43. The minimum Gasteiger partial charge on any atom is -0.396 e. The maximum absolute atomic E-state index is 12.3. The van der Waals surface area contributed by atoms with Crippen molar-refractivity contribution in [2.45, 2.75) is 39.8 Å². The maximum atomic E-state index is 12.3. The van der Waals surface area contributed by atoms with Crippen LogP contribution in [0.3, 0.4) is 0 Å². The lowest BCUT2D eigenvalue weighted by Gasteiger charge is -2.34. The molecule has 112 valence electrons. The first-order valence-corrected chi connectivity index (χ1v) is 7.32. The Bertz CT molecular complexity index is 568. The molecule has 0 atom stereocenters. The molecule has 0 bridgehead atoms. The highest BCUT2D eigenvalue weighted by Crippen LogP contribution is 2.21. The second-order valence-corrected chi connectivity index (χ2v) is 5.22. The summed E-state index contributed by atoms with van der Waals surface area (Å²) in [6, 6.07) is 1.56. The number of aliphatic hydroxyl groups is 1. The van der Waals surface area contributed by atoms with Crippen LogP contribution in [0.5, 0.6) is 0 Å². The summed E-state index contributed by atoms with van der Waals surface area (Å²) >= 11 is 0. The van der Waals surface area contributed by atoms with Gasteiger partial charge in [0.2, 0.25) is 0 Å². The quantitative estimate of drug-likeness (QED) is 0.859. The molecule has 1 aliphatic heterocycles. The number of hydrogen-bond acceptors (Lipinski definition) is 4. The number of aliphatic hydroxyl groups excluding tert-OH is 1. The third kappa shape index (κ3) is 2.65. The number of nitrogens with zero attached hydrogens (tertiary/aromatic N) is 3. The summed E-state index contributed by atoms with van der Waals surface area (Å²) in [6.07, 6.45) is 1.79. The molecule has 0 aliphatic carbocycles. The van der Waals surface area contributed by atoms with Crippen molar-refractivity contribution < 1.29 is 5.11 Å². The van der Waals surface area contributed by atoms with Crippen molar-refractivity contribution in [3.8, 4) is 0 Å². The first kappa shape index (κ1) is 14.8. The predicted octanol–water partition coefficient (Wildman–Crippen LogP) is 0.258. The molecule has 0 aromatic carbocycles. The summed E-state index contributed by atoms with van der Waals surface area (Å²) in [7, 11) is 0. The second-order valence-electron chi connectivity index (χ2n) is 5.22. The highest BCUT2D eigenvalue weighted by molar-refractivity contribution is 5.39. The molecular weight excluding hydrogens is 258 g/mol. The van der Waals surface area contributed by atoms with Gasteiger partial charge < -0.3 is 10.0 Å². The number of hydrogen-bond donors (Lipinski definition) is 1. The van der Waals surface area contributed by atoms with E-state index in [9.17, 15) is 14.7 Å². The van der Waals surface area contributed by atoms with Crippen molar-refractivity contribution in [2.75, 3.05) is 24.6 Å². The molecule has 1 aliphatic rings. The highest BCUT2D eigenvalue weighted by Gasteiger charge is 2.22. The fourth-order valence-corrected chi connectivity index (χ4v) is 2.80. The third-order valence-corrected chi connectivity index (χ3v) is 4.09. The van der Waals surface area contributed by atoms with Gasteiger partial charge in [-0.15, -0.1) is 0 Å². The van der Waals surface area contributed by atoms with Crippen LogP contribution in [0.2, 0.25) is 0 Å². The van der Waals surface area contributed by atoms with Crippen LogP contribution in [-0.4, -0.2) is 33.9 Å². The van der Waals surface area contributed by atoms with Crippen LogP contribution in [0.15, 0.2) is 15.7 Å². The van der Waals surface area contributed by atoms with Crippen molar-refractivity contribution in [3.63, 3.8) is 0 Å². The molecule has 0 spiro atoms. The van der Waals surface area contributed by atoms with Crippen molar-refractivity contribution in [1.29, 1.82) is 0 Å². The van der Waals surface area contributed by atoms with Crippen LogP contribution in [-0.2, 0) is 13.1 Å². The van der Waals surface area contributed by atoms with Gasteiger partial charge in [-0.25, -0.2) is 4.79 Å². The van der Waals surface area contributed by atoms with E-state index in [1.54, 1.807) is 17.6 Å². The van der Waals surface area contributed by atoms with Gasteiger partial charge in [-0.2, -0.15) is 0 Å². The average Bonchev–Trinajstić information content (AvgIpc) is 2.47. The molecule has 0 radical (unpaired) electrons. The van der Waals surface area contributed by atoms with Gasteiger partial charge in [0, 0.05) is 38.9 Å². The lowest BCUT2D eigenvalue weighted by Crippen LogP contribution is -2.44. The second kappa shape index (κ2) is 6.26. The Morgan fingerprint density at radius 2 is 1.75 bits per heavy atom. The van der Waals surface area contributed by atoms with E-state index in [1.807, 2.05) is 6.92 Å². The zero-order chi connectivity index (χ0) is 14.7. The molecule has 2 heterocycles. The maximum Gasteiger partial charge on any atom is 0.332 e. The Morgan fingerprint density at radius 3 is 2.25 bits per heavy atom. The summed E-state index contributed by atoms with van der Waals surface area (Å²) < 4.78 is 2.91. The van der Waals surface area contributed by atoms with E-state index in [1.165, 1.54) is 4.57 Å². The van der Waals surface area contributed by atoms with Gasteiger partial charge in [-0.1, -0.05) is 0 Å². The summed E-state index contributed by atoms with van der Waals surface area (Å²) in [5.74, 6) is 1.05. The number of piperidine rings is 1. The first-order chi connectivity index (χ1) is 9.62. The lowest BCUT2D eigenvalue weighted by atomic mass is 9.98. The first-order valence-electron chi connectivity index (χ1n) is 7.32. The molecule has 1 N–H and O–H groups in total. The van der Waals surface area contributed by atoms with Crippen LogP contribution in [0.25, 0.3) is 0 Å². The standard InChI is InChI=1S/C14H23N3O3/c1-3-16-12(9-13(19)17(4-2)14(16)20)15-7-5-11(10-18)6-8-15/h9,11,18H,3-8,10H2,1-2H3. The molecule has 1 fully saturated rings. The topological polar surface area (TPSA) is 67.5 Å². The van der Waals surface area contributed by atoms with Crippen LogP contribution in [0, 0.1) is 5.92 Å². The van der Waals surface area contributed by atoms with Crippen molar-refractivity contribution >= 4 is 5.82 Å². The Labute approximate surface area is 118 Å². The highest BCUT2D eigenvalue weighted by atomic mass is 16.3. The van der Waals surface area contributed by atoms with Crippen LogP contribution in [0.1, 0.15) is 26.7 Å². The zero-order valence-electron chi connectivity index (χ0n) is 12.2. The van der Waals surface area contributed by atoms with E-state index < -0.39 is 0 Å². The number of anilines is 1. The van der Waals surface area contributed by atoms with E-state index >= 15 is 0 Å². The molecule has 6 nitrogen and oxygen atoms in total. The largest absolute Gasteiger partial charge is 0.396 e. The van der Waals surface area contributed by atoms with Crippen LogP contribution in [0.4, 0.5) is 5.82 Å². The van der Waals surface area contributed by atoms with E-state index in [2.05, 4.69) is 4.90 Å². The molecule has 0 saturated carbocycles. The minimum atomic E-state index is -0.235. The fourth-order valence-electron chi connectivity index (χ4n) is 2.80. The van der Waals surface area contributed by atoms with E-state index in [0.717, 1.165) is 25.9 Å². The monoisotopic (exact) mass is 281 g/mol. The molecule has 2 rings (SSSR count). The molecular formula is C14H23N3O3. The van der Waals surface area contributed by atoms with Crippen LogP contribution >= 0.6 is 0 Å². The molecule has 1 saturated heterocycles. The van der Waals surface area contributed by atoms with E-state index in [4.69, 9.17) is 0 Å². The zero-order valence-corrected chi connectivity index (χ0v) is 12.2. The molecule has 6 heteroatoms. The van der Waals surface area contributed by atoms with E-state index in [0.29, 0.717) is 24.8 Å². The molecule has 0 amide bonds. The van der Waals surface area contributed by atoms with Crippen LogP contribution < -0.4 is 16.1 Å². The van der Waals surface area contributed by atoms with Gasteiger partial charge >= 0.3 is 5.69 Å². The van der Waals surface area contributed by atoms with Crippen molar-refractivity contribution in [3.05, 3.63) is 26.9 Å². The van der Waals surface area contributed by atoms with Gasteiger partial charge in [-0.3, -0.25) is 13.9 Å². The Hall–Kier alpha value is -1.56.